The van der Waals surface area contributed by atoms with Crippen molar-refractivity contribution in [3.8, 4) is 0 Å². The average Bonchev–Trinajstić information content (AvgIpc) is 3.89. The Labute approximate surface area is 342 Å². The zero-order valence-corrected chi connectivity index (χ0v) is 35.2. The first-order valence-corrected chi connectivity index (χ1v) is 20.9. The molecular formula is C43H56N4O10S. The zero-order valence-electron chi connectivity index (χ0n) is 34.4. The number of carbonyl (C=O) groups excluding carboxylic acids is 1. The van der Waals surface area contributed by atoms with Crippen LogP contribution in [0.15, 0.2) is 18.2 Å². The molecule has 1 unspecified atom stereocenters. The maximum absolute atomic E-state index is 12.8. The molecule has 6 heterocycles. The lowest BCUT2D eigenvalue weighted by Gasteiger charge is -2.39. The second-order valence-corrected chi connectivity index (χ2v) is 16.7. The highest BCUT2D eigenvalue weighted by atomic mass is 32.2. The third kappa shape index (κ3) is 8.35. The molecule has 58 heavy (non-hydrogen) atoms. The molecule has 3 aromatic rings. The number of esters is 1. The second kappa shape index (κ2) is 18.0. The molecule has 8 atom stereocenters. The molecule has 0 aromatic carbocycles. The highest BCUT2D eigenvalue weighted by Gasteiger charge is 2.43. The predicted octanol–water partition coefficient (Wildman–Crippen LogP) is 5.66. The monoisotopic (exact) mass is 820 g/mol. The maximum atomic E-state index is 12.8. The van der Waals surface area contributed by atoms with E-state index < -0.39 is 42.4 Å². The molecule has 7 N–H and O–H groups in total. The van der Waals surface area contributed by atoms with Crippen LogP contribution >= 0.6 is 11.8 Å². The van der Waals surface area contributed by atoms with Crippen molar-refractivity contribution in [1.82, 2.24) is 19.9 Å². The van der Waals surface area contributed by atoms with E-state index in [1.165, 1.54) is 18.9 Å². The van der Waals surface area contributed by atoms with Gasteiger partial charge in [-0.15, -0.1) is 11.8 Å². The van der Waals surface area contributed by atoms with Gasteiger partial charge in [0.2, 0.25) is 0 Å². The van der Waals surface area contributed by atoms with Crippen LogP contribution in [0.25, 0.3) is 33.2 Å². The van der Waals surface area contributed by atoms with E-state index in [1.54, 1.807) is 6.92 Å². The number of ether oxygens (including phenoxy) is 3. The number of hydrogen-bond donors (Lipinski definition) is 7. The van der Waals surface area contributed by atoms with Crippen molar-refractivity contribution in [2.75, 3.05) is 26.1 Å². The highest BCUT2D eigenvalue weighted by Crippen LogP contribution is 2.43. The number of carboxylic acid groups (broad SMARTS) is 1. The predicted molar refractivity (Wildman–Crippen MR) is 222 cm³/mol. The molecule has 1 fully saturated rings. The second-order valence-electron chi connectivity index (χ2n) is 15.5. The lowest BCUT2D eigenvalue weighted by Crippen LogP contribution is -2.57. The number of aliphatic hydroxyl groups excluding tert-OH is 4. The van der Waals surface area contributed by atoms with Crippen LogP contribution in [0.1, 0.15) is 115 Å². The zero-order chi connectivity index (χ0) is 42.2. The van der Waals surface area contributed by atoms with Crippen molar-refractivity contribution in [1.29, 1.82) is 0 Å². The van der Waals surface area contributed by atoms with Crippen LogP contribution in [-0.4, -0.2) is 113 Å². The molecule has 1 saturated heterocycles. The number of aliphatic hydroxyl groups is 4. The summed E-state index contributed by atoms with van der Waals surface area (Å²) in [6.07, 6.45) is -3.43. The molecule has 0 radical (unpaired) electrons. The van der Waals surface area contributed by atoms with Crippen LogP contribution in [-0.2, 0) is 30.2 Å². The molecule has 3 aromatic heterocycles. The molecule has 15 heteroatoms. The number of fused-ring (bicyclic) bond motifs is 8. The van der Waals surface area contributed by atoms with Crippen LogP contribution < -0.4 is 0 Å². The number of carboxylic acids is 1. The van der Waals surface area contributed by atoms with Gasteiger partial charge in [-0.25, -0.2) is 9.78 Å². The Morgan fingerprint density at radius 1 is 0.948 bits per heavy atom. The smallest absolute Gasteiger partial charge is 0.338 e. The fraction of sp³-hybridized carbons (Fsp3) is 0.535. The minimum absolute atomic E-state index is 0.117. The van der Waals surface area contributed by atoms with Gasteiger partial charge in [0.1, 0.15) is 29.9 Å². The van der Waals surface area contributed by atoms with E-state index >= 15 is 0 Å². The van der Waals surface area contributed by atoms with Gasteiger partial charge >= 0.3 is 11.9 Å². The van der Waals surface area contributed by atoms with Crippen molar-refractivity contribution in [3.05, 3.63) is 68.8 Å². The number of aromatic nitrogens is 4. The molecule has 6 rings (SSSR count). The van der Waals surface area contributed by atoms with Crippen molar-refractivity contribution < 1.29 is 49.3 Å². The third-order valence-corrected chi connectivity index (χ3v) is 13.2. The number of carbonyl (C=O) groups is 2. The minimum atomic E-state index is -1.42. The summed E-state index contributed by atoms with van der Waals surface area (Å²) in [5.41, 5.74) is 10.5. The van der Waals surface area contributed by atoms with Crippen LogP contribution in [0.5, 0.6) is 0 Å². The van der Waals surface area contributed by atoms with Crippen LogP contribution in [0.2, 0.25) is 0 Å². The standard InChI is InChI=1S/C43H56N4O10S/c1-9-25-19(2)27-17-32-35(24(7)56-13-10-14-58-43-41(52)40(51)39(50)33(18-48)57-43)21(4)29(45-32)15-28-20(3)26(11-12-34(49)55-8)37(46-28)23(6)38-36(42(53)54)22(5)30(47-38)16-31(25)44-27/h15-17,20,24,26,33,39-41,43-45,48,50-52H,9-14,18H2,1-8H3,(H,53,54)/t20-,24?,26-,33+,39+,40-,41+,43-/m0/s1. The van der Waals surface area contributed by atoms with Gasteiger partial charge in [0.25, 0.3) is 0 Å². The summed E-state index contributed by atoms with van der Waals surface area (Å²) < 4.78 is 17.1. The Morgan fingerprint density at radius 2 is 1.66 bits per heavy atom. The van der Waals surface area contributed by atoms with Gasteiger partial charge in [-0.1, -0.05) is 13.8 Å². The Balaban J connectivity index is 1.44. The fourth-order valence-corrected chi connectivity index (χ4v) is 9.58. The number of hydrogen-bond acceptors (Lipinski definition) is 12. The van der Waals surface area contributed by atoms with Gasteiger partial charge in [0.15, 0.2) is 0 Å². The Kier molecular flexibility index (Phi) is 13.5. The molecule has 0 aliphatic carbocycles. The lowest BCUT2D eigenvalue weighted by molar-refractivity contribution is -0.205. The van der Waals surface area contributed by atoms with Gasteiger partial charge in [-0.05, 0) is 106 Å². The molecule has 0 spiro atoms. The summed E-state index contributed by atoms with van der Waals surface area (Å²) in [5, 5.41) is 50.8. The SMILES string of the molecule is CCc1c(C)c2cc3[nH]c(cc4nc(c(C)c5nc(cc1[nH]2)C(C)=C5C(=O)O)[C@@H](CCC(=O)OC)[C@@H]4C)c(C)c3C(C)OCCCS[C@@H]1O[C@H](CO)[C@@H](O)[C@H](O)[C@H]1O. The molecule has 3 aliphatic rings. The van der Waals surface area contributed by atoms with Crippen molar-refractivity contribution in [2.45, 2.75) is 122 Å². The molecule has 314 valence electrons. The topological polar surface area (TPSA) is 220 Å². The first kappa shape index (κ1) is 43.5. The molecule has 14 nitrogen and oxygen atoms in total. The Hall–Kier alpha value is -4.09. The van der Waals surface area contributed by atoms with Gasteiger partial charge in [0.05, 0.1) is 36.8 Å². The number of aliphatic carboxylic acids is 1. The first-order valence-electron chi connectivity index (χ1n) is 19.9. The van der Waals surface area contributed by atoms with E-state index in [9.17, 15) is 35.1 Å². The number of methoxy groups -OCH3 is 1. The number of nitrogens with one attached hydrogen (secondary N) is 2. The van der Waals surface area contributed by atoms with E-state index in [2.05, 4.69) is 36.8 Å². The van der Waals surface area contributed by atoms with E-state index in [-0.39, 0.29) is 35.9 Å². The number of aromatic amines is 2. The summed E-state index contributed by atoms with van der Waals surface area (Å²) in [4.78, 5) is 42.6. The molecule has 0 amide bonds. The van der Waals surface area contributed by atoms with E-state index in [0.29, 0.717) is 53.4 Å². The summed E-state index contributed by atoms with van der Waals surface area (Å²) in [6, 6.07) is 6.04. The first-order chi connectivity index (χ1) is 27.6. The maximum Gasteiger partial charge on any atom is 0.338 e. The van der Waals surface area contributed by atoms with Crippen LogP contribution in [0.3, 0.4) is 0 Å². The average molecular weight is 821 g/mol. The largest absolute Gasteiger partial charge is 0.478 e. The fourth-order valence-electron chi connectivity index (χ4n) is 8.49. The lowest BCUT2D eigenvalue weighted by atomic mass is 9.85. The number of nitrogens with zero attached hydrogens (tertiary/aromatic N) is 2. The molecular weight excluding hydrogens is 765 g/mol. The Bertz CT molecular complexity index is 2250. The van der Waals surface area contributed by atoms with E-state index in [0.717, 1.165) is 56.4 Å². The number of allylic oxidation sites excluding steroid dienone is 1. The van der Waals surface area contributed by atoms with Crippen LogP contribution in [0.4, 0.5) is 0 Å². The molecule has 8 bridgehead atoms. The minimum Gasteiger partial charge on any atom is -0.478 e. The van der Waals surface area contributed by atoms with Crippen molar-refractivity contribution in [2.24, 2.45) is 0 Å². The van der Waals surface area contributed by atoms with Gasteiger partial charge in [0, 0.05) is 63.9 Å². The summed E-state index contributed by atoms with van der Waals surface area (Å²) >= 11 is 1.29. The van der Waals surface area contributed by atoms with Gasteiger partial charge < -0.3 is 49.7 Å². The summed E-state index contributed by atoms with van der Waals surface area (Å²) in [6.45, 7) is 13.8. The third-order valence-electron chi connectivity index (χ3n) is 12.0. The van der Waals surface area contributed by atoms with Crippen molar-refractivity contribution >= 4 is 56.9 Å². The number of H-pyrrole nitrogens is 2. The van der Waals surface area contributed by atoms with Gasteiger partial charge in [-0.3, -0.25) is 9.78 Å². The number of thioether (sulfide) groups is 1. The molecule has 3 aliphatic heterocycles. The number of aryl methyl sites for hydroxylation is 3. The number of rotatable bonds is 13. The van der Waals surface area contributed by atoms with E-state index in [4.69, 9.17) is 24.2 Å². The Morgan fingerprint density at radius 3 is 2.33 bits per heavy atom. The van der Waals surface area contributed by atoms with Gasteiger partial charge in [-0.2, -0.15) is 0 Å². The quantitative estimate of drug-likeness (QED) is 0.0819. The summed E-state index contributed by atoms with van der Waals surface area (Å²) in [7, 11) is 1.37. The van der Waals surface area contributed by atoms with Crippen LogP contribution in [0, 0.1) is 20.8 Å². The van der Waals surface area contributed by atoms with Crippen molar-refractivity contribution in [3.63, 3.8) is 0 Å². The molecule has 0 saturated carbocycles. The normalized spacial score (nSPS) is 24.0. The van der Waals surface area contributed by atoms with E-state index in [1.807, 2.05) is 32.9 Å². The summed E-state index contributed by atoms with van der Waals surface area (Å²) in [5.74, 6) is -1.17. The highest BCUT2D eigenvalue weighted by molar-refractivity contribution is 7.99.